The molecule has 4 fully saturated rings. The van der Waals surface area contributed by atoms with E-state index in [1.54, 1.807) is 103 Å². The molecule has 4 saturated heterocycles. The molecule has 0 bridgehead atoms. The van der Waals surface area contributed by atoms with E-state index in [9.17, 15) is 33.6 Å². The Bertz CT molecular complexity index is 3000. The van der Waals surface area contributed by atoms with E-state index >= 15 is 0 Å². The van der Waals surface area contributed by atoms with Crippen molar-refractivity contribution in [2.45, 2.75) is 113 Å². The Morgan fingerprint density at radius 1 is 0.458 bits per heavy atom. The van der Waals surface area contributed by atoms with Crippen LogP contribution in [0, 0.1) is 0 Å². The van der Waals surface area contributed by atoms with Crippen LogP contribution in [0.4, 0.5) is 0 Å². The minimum atomic E-state index is -1.97. The monoisotopic (exact) mass is 1140 g/mol. The third kappa shape index (κ3) is 15.1. The molecule has 4 aliphatic heterocycles. The second kappa shape index (κ2) is 28.2. The first-order chi connectivity index (χ1) is 40.2. The van der Waals surface area contributed by atoms with E-state index in [1.807, 2.05) is 0 Å². The fourth-order valence-electron chi connectivity index (χ4n) is 9.69. The van der Waals surface area contributed by atoms with Gasteiger partial charge in [-0.25, -0.2) is 19.2 Å². The van der Waals surface area contributed by atoms with Crippen molar-refractivity contribution in [1.82, 2.24) is 0 Å². The molecule has 4 heterocycles. The maximum atomic E-state index is 14.6. The van der Waals surface area contributed by atoms with Crippen LogP contribution in [-0.4, -0.2) is 154 Å². The lowest BCUT2D eigenvalue weighted by Gasteiger charge is -2.52. The number of hydrogen-bond acceptors (Lipinski definition) is 22. The summed E-state index contributed by atoms with van der Waals surface area (Å²) >= 11 is 0. The molecular weight excluding hydrogens is 1080 g/mol. The van der Waals surface area contributed by atoms with Crippen LogP contribution < -0.4 is 0 Å². The zero-order chi connectivity index (χ0) is 58.4. The van der Waals surface area contributed by atoms with Gasteiger partial charge in [0.1, 0.15) is 37.1 Å². The molecule has 5 aromatic carbocycles. The van der Waals surface area contributed by atoms with Crippen LogP contribution in [-0.2, 0) is 85.4 Å². The van der Waals surface area contributed by atoms with Gasteiger partial charge in [-0.3, -0.25) is 14.4 Å². The van der Waals surface area contributed by atoms with Crippen LogP contribution >= 0.6 is 0 Å². The average Bonchev–Trinajstić information content (AvgIpc) is 3.60. The van der Waals surface area contributed by atoms with Crippen LogP contribution in [0.15, 0.2) is 164 Å². The summed E-state index contributed by atoms with van der Waals surface area (Å²) in [6, 6.07) is 40.2. The second-order valence-electron chi connectivity index (χ2n) is 19.3. The molecule has 1 unspecified atom stereocenters. The number of fused-ring (bicyclic) bond motifs is 1. The van der Waals surface area contributed by atoms with Crippen molar-refractivity contribution < 1.29 is 105 Å². The first-order valence-corrected chi connectivity index (χ1v) is 26.5. The summed E-state index contributed by atoms with van der Waals surface area (Å²) in [7, 11) is 0. The molecule has 0 aromatic heterocycles. The van der Waals surface area contributed by atoms with Gasteiger partial charge in [-0.2, -0.15) is 0 Å². The van der Waals surface area contributed by atoms with Gasteiger partial charge in [0.2, 0.25) is 0 Å². The Hall–Kier alpha value is -8.19. The van der Waals surface area contributed by atoms with Gasteiger partial charge in [-0.1, -0.05) is 109 Å². The molecule has 436 valence electrons. The van der Waals surface area contributed by atoms with Gasteiger partial charge in [0, 0.05) is 26.3 Å². The zero-order valence-corrected chi connectivity index (χ0v) is 45.2. The van der Waals surface area contributed by atoms with Gasteiger partial charge in [-0.15, -0.1) is 6.58 Å². The van der Waals surface area contributed by atoms with Crippen molar-refractivity contribution in [3.05, 3.63) is 192 Å². The largest absolute Gasteiger partial charge is 0.459 e. The van der Waals surface area contributed by atoms with Crippen molar-refractivity contribution in [3.8, 4) is 0 Å². The molecule has 22 nitrogen and oxygen atoms in total. The highest BCUT2D eigenvalue weighted by Gasteiger charge is 2.60. The molecule has 0 radical (unpaired) electrons. The molecule has 9 rings (SSSR count). The van der Waals surface area contributed by atoms with Crippen molar-refractivity contribution in [2.75, 3.05) is 26.4 Å². The normalized spacial score (nSPS) is 28.3. The van der Waals surface area contributed by atoms with Crippen molar-refractivity contribution in [3.63, 3.8) is 0 Å². The fraction of sp³-hybridized carbons (Fsp3) is 0.361. The van der Waals surface area contributed by atoms with Crippen LogP contribution in [0.3, 0.4) is 0 Å². The SMILES string of the molecule is C=CCO[C@H]1O[C@@H]2COC(c3ccccc3)O[C@H]2[C@H](O[C@@H]2OC[C@@H](OC(C)=O)[C@H](OC(C)=O)[C@H]2OC(C)=O)[C@H]1O[C@@H]1O[C@H](COC(=O)c2ccccc2)[C@H](OC(=O)c2ccccc2)[C@H](OC(=O)c2ccccc2)[C@H]1OC(=O)c1ccccc1. The maximum absolute atomic E-state index is 14.6. The average molecular weight is 1150 g/mol. The van der Waals surface area contributed by atoms with Gasteiger partial charge in [0.05, 0.1) is 42.1 Å². The molecule has 0 saturated carbocycles. The third-order valence-corrected chi connectivity index (χ3v) is 13.4. The molecule has 4 aliphatic rings. The first-order valence-electron chi connectivity index (χ1n) is 26.5. The summed E-state index contributed by atoms with van der Waals surface area (Å²) in [6.07, 6.45) is -22.0. The van der Waals surface area contributed by atoms with E-state index in [0.29, 0.717) is 5.56 Å². The van der Waals surface area contributed by atoms with Crippen LogP contribution in [0.2, 0.25) is 0 Å². The topological polar surface area (TPSA) is 258 Å². The fourth-order valence-corrected chi connectivity index (χ4v) is 9.69. The Morgan fingerprint density at radius 3 is 1.46 bits per heavy atom. The molecule has 83 heavy (non-hydrogen) atoms. The summed E-state index contributed by atoms with van der Waals surface area (Å²) in [4.78, 5) is 95.3. The van der Waals surface area contributed by atoms with E-state index in [4.69, 9.17) is 71.1 Å². The highest BCUT2D eigenvalue weighted by Crippen LogP contribution is 2.41. The predicted molar refractivity (Wildman–Crippen MR) is 283 cm³/mol. The molecule has 0 amide bonds. The minimum absolute atomic E-state index is 0.0243. The molecule has 0 spiro atoms. The number of hydrogen-bond donors (Lipinski definition) is 0. The number of rotatable bonds is 20. The molecular formula is C61H60O22. The number of benzene rings is 5. The highest BCUT2D eigenvalue weighted by atomic mass is 16.8. The summed E-state index contributed by atoms with van der Waals surface area (Å²) in [6.45, 7) is 5.64. The van der Waals surface area contributed by atoms with Gasteiger partial charge >= 0.3 is 41.8 Å². The molecule has 22 heteroatoms. The van der Waals surface area contributed by atoms with Gasteiger partial charge in [-0.05, 0) is 48.5 Å². The van der Waals surface area contributed by atoms with E-state index in [-0.39, 0.29) is 35.5 Å². The summed E-state index contributed by atoms with van der Waals surface area (Å²) < 4.78 is 94.7. The van der Waals surface area contributed by atoms with Crippen LogP contribution in [0.25, 0.3) is 0 Å². The first kappa shape index (κ1) is 59.4. The third-order valence-electron chi connectivity index (χ3n) is 13.4. The van der Waals surface area contributed by atoms with Crippen molar-refractivity contribution in [1.29, 1.82) is 0 Å². The number of esters is 7. The Balaban J connectivity index is 1.19. The summed E-state index contributed by atoms with van der Waals surface area (Å²) in [5.74, 6) is -6.20. The maximum Gasteiger partial charge on any atom is 0.338 e. The van der Waals surface area contributed by atoms with Crippen LogP contribution in [0.1, 0.15) is 74.1 Å². The minimum Gasteiger partial charge on any atom is -0.459 e. The number of carbonyl (C=O) groups is 7. The lowest BCUT2D eigenvalue weighted by atomic mass is 9.95. The lowest BCUT2D eigenvalue weighted by molar-refractivity contribution is -0.410. The Kier molecular flexibility index (Phi) is 20.2. The lowest BCUT2D eigenvalue weighted by Crippen LogP contribution is -2.69. The quantitative estimate of drug-likeness (QED) is 0.0477. The van der Waals surface area contributed by atoms with Gasteiger partial charge in [0.15, 0.2) is 61.8 Å². The Labute approximate surface area is 476 Å². The van der Waals surface area contributed by atoms with Gasteiger partial charge in [0.25, 0.3) is 0 Å². The second-order valence-corrected chi connectivity index (χ2v) is 19.3. The molecule has 15 atom stereocenters. The molecule has 0 aliphatic carbocycles. The zero-order valence-electron chi connectivity index (χ0n) is 45.2. The van der Waals surface area contributed by atoms with E-state index < -0.39 is 147 Å². The Morgan fingerprint density at radius 2 is 0.928 bits per heavy atom. The van der Waals surface area contributed by atoms with Gasteiger partial charge < -0.3 is 71.1 Å². The standard InChI is InChI=1S/C61H60O22/c1-5-31-69-59-52(50(47-45(76-59)34-71-58(81-47)42-29-19-10-20-30-42)82-60-51(75-37(4)64)48(74-36(3)63)43(33-72-60)73-35(2)62)83-61-53(80-57(68)41-27-17-9-18-28-41)49(79-56(67)40-25-15-8-16-26-40)46(78-55(66)39-23-13-7-14-24-39)44(77-61)32-70-54(65)38-21-11-6-12-22-38/h5-30,43-53,58-61H,1,31-34H2,2-4H3/t43-,44-,45-,46+,47-,48+,49+,50+,51-,52-,53-,58?,59+,60+,61+/m1/s1. The van der Waals surface area contributed by atoms with Crippen molar-refractivity contribution >= 4 is 41.8 Å². The predicted octanol–water partition coefficient (Wildman–Crippen LogP) is 6.21. The van der Waals surface area contributed by atoms with Crippen LogP contribution in [0.5, 0.6) is 0 Å². The molecule has 5 aromatic rings. The number of carbonyl (C=O) groups excluding carboxylic acids is 7. The summed E-state index contributed by atoms with van der Waals surface area (Å²) in [5, 5.41) is 0. The van der Waals surface area contributed by atoms with E-state index in [2.05, 4.69) is 6.58 Å². The highest BCUT2D eigenvalue weighted by molar-refractivity contribution is 5.91. The smallest absolute Gasteiger partial charge is 0.338 e. The number of ether oxygens (including phenoxy) is 15. The van der Waals surface area contributed by atoms with E-state index in [0.717, 1.165) is 20.8 Å². The summed E-state index contributed by atoms with van der Waals surface area (Å²) in [5.41, 5.74) is 0.838. The van der Waals surface area contributed by atoms with Crippen molar-refractivity contribution in [2.24, 2.45) is 0 Å². The molecule has 0 N–H and O–H groups in total. The van der Waals surface area contributed by atoms with E-state index in [1.165, 1.54) is 54.6 Å².